The zero-order valence-electron chi connectivity index (χ0n) is 19.1. The first-order chi connectivity index (χ1) is 15.7. The van der Waals surface area contributed by atoms with Crippen LogP contribution in [0.1, 0.15) is 50.4 Å². The highest BCUT2D eigenvalue weighted by Crippen LogP contribution is 2.45. The third-order valence-electron chi connectivity index (χ3n) is 6.13. The van der Waals surface area contributed by atoms with Gasteiger partial charge in [0.2, 0.25) is 17.5 Å². The van der Waals surface area contributed by atoms with Crippen LogP contribution in [0.15, 0.2) is 48.5 Å². The predicted octanol–water partition coefficient (Wildman–Crippen LogP) is 3.61. The zero-order chi connectivity index (χ0) is 23.8. The summed E-state index contributed by atoms with van der Waals surface area (Å²) in [5.74, 6) is -0.714. The van der Waals surface area contributed by atoms with Gasteiger partial charge in [-0.25, -0.2) is 0 Å². The fourth-order valence-electron chi connectivity index (χ4n) is 4.55. The van der Waals surface area contributed by atoms with Crippen molar-refractivity contribution in [2.45, 2.75) is 45.7 Å². The Hall–Kier alpha value is -3.68. The minimum absolute atomic E-state index is 0.175. The molecule has 1 atom stereocenters. The van der Waals surface area contributed by atoms with Crippen molar-refractivity contribution >= 4 is 40.7 Å². The van der Waals surface area contributed by atoms with Gasteiger partial charge in [-0.2, -0.15) is 0 Å². The summed E-state index contributed by atoms with van der Waals surface area (Å²) in [6, 6.07) is 13.7. The van der Waals surface area contributed by atoms with Crippen LogP contribution in [0.5, 0.6) is 0 Å². The summed E-state index contributed by atoms with van der Waals surface area (Å²) >= 11 is 0. The van der Waals surface area contributed by atoms with Crippen molar-refractivity contribution in [1.29, 1.82) is 0 Å². The third-order valence-corrected chi connectivity index (χ3v) is 6.13. The van der Waals surface area contributed by atoms with E-state index < -0.39 is 11.6 Å². The molecule has 172 valence electrons. The van der Waals surface area contributed by atoms with E-state index in [-0.39, 0.29) is 30.6 Å². The van der Waals surface area contributed by atoms with Crippen molar-refractivity contribution < 1.29 is 19.2 Å². The molecule has 0 aromatic heterocycles. The number of carbonyl (C=O) groups excluding carboxylic acids is 4. The van der Waals surface area contributed by atoms with Crippen molar-refractivity contribution in [3.8, 4) is 0 Å². The van der Waals surface area contributed by atoms with Gasteiger partial charge in [-0.05, 0) is 48.7 Å². The highest BCUT2D eigenvalue weighted by atomic mass is 16.2. The van der Waals surface area contributed by atoms with E-state index in [9.17, 15) is 19.2 Å². The Bertz CT molecular complexity index is 1110. The highest BCUT2D eigenvalue weighted by molar-refractivity contribution is 6.18. The van der Waals surface area contributed by atoms with Crippen LogP contribution in [0.25, 0.3) is 0 Å². The van der Waals surface area contributed by atoms with Crippen LogP contribution in [0.3, 0.4) is 0 Å². The molecule has 2 aromatic rings. The molecule has 0 bridgehead atoms. The van der Waals surface area contributed by atoms with Crippen molar-refractivity contribution in [2.24, 2.45) is 5.92 Å². The maximum Gasteiger partial charge on any atom is 0.271 e. The highest BCUT2D eigenvalue weighted by Gasteiger charge is 2.60. The molecule has 1 saturated heterocycles. The van der Waals surface area contributed by atoms with Crippen molar-refractivity contribution in [2.75, 3.05) is 22.1 Å². The first kappa shape index (κ1) is 22.5. The summed E-state index contributed by atoms with van der Waals surface area (Å²) in [6.07, 6.45) is 1.10. The Labute approximate surface area is 192 Å². The van der Waals surface area contributed by atoms with Crippen molar-refractivity contribution in [3.63, 3.8) is 0 Å². The number of hydrogen-bond acceptors (Lipinski definition) is 4. The summed E-state index contributed by atoms with van der Waals surface area (Å²) in [4.78, 5) is 54.7. The average molecular weight is 449 g/mol. The van der Waals surface area contributed by atoms with Crippen LogP contribution in [0, 0.1) is 5.92 Å². The quantitative estimate of drug-likeness (QED) is 0.705. The molecule has 33 heavy (non-hydrogen) atoms. The number of anilines is 3. The lowest BCUT2D eigenvalue weighted by atomic mass is 9.94. The zero-order valence-corrected chi connectivity index (χ0v) is 19.1. The van der Waals surface area contributed by atoms with Gasteiger partial charge in [-0.15, -0.1) is 0 Å². The molecule has 2 aromatic carbocycles. The molecule has 2 aliphatic rings. The number of hydrogen-bond donors (Lipinski definition) is 2. The van der Waals surface area contributed by atoms with E-state index in [2.05, 4.69) is 24.5 Å². The van der Waals surface area contributed by atoms with Gasteiger partial charge in [0.05, 0.1) is 11.3 Å². The van der Waals surface area contributed by atoms with Gasteiger partial charge in [0.25, 0.3) is 11.8 Å². The Morgan fingerprint density at radius 1 is 1.00 bits per heavy atom. The van der Waals surface area contributed by atoms with E-state index in [0.29, 0.717) is 41.5 Å². The number of fused-ring (bicyclic) bond motifs is 3. The second-order valence-corrected chi connectivity index (χ2v) is 8.91. The Balaban J connectivity index is 1.73. The van der Waals surface area contributed by atoms with Crippen LogP contribution in [0.4, 0.5) is 17.1 Å². The molecule has 8 nitrogen and oxygen atoms in total. The Kier molecular flexibility index (Phi) is 5.93. The molecular formula is C25H28N4O4. The third kappa shape index (κ3) is 3.97. The van der Waals surface area contributed by atoms with E-state index in [0.717, 1.165) is 0 Å². The fourth-order valence-corrected chi connectivity index (χ4v) is 4.55. The maximum absolute atomic E-state index is 13.8. The van der Waals surface area contributed by atoms with Gasteiger partial charge in [0.15, 0.2) is 0 Å². The number of rotatable bonds is 6. The van der Waals surface area contributed by atoms with Crippen LogP contribution in [0.2, 0.25) is 0 Å². The van der Waals surface area contributed by atoms with Gasteiger partial charge in [-0.3, -0.25) is 24.1 Å². The standard InChI is InChI=1S/C25H28N4O4/c1-16(2)13-15-28-23(32)20-6-4-5-7-21(20)29-22(31)12-14-25(28,29)24(33)27-19-10-8-18(9-11-19)26-17(3)30/h4-11,16H,12-15H2,1-3H3,(H,26,30)(H,27,33). The molecule has 0 spiro atoms. The lowest BCUT2D eigenvalue weighted by Gasteiger charge is -2.49. The van der Waals surface area contributed by atoms with Crippen LogP contribution in [-0.2, 0) is 14.4 Å². The molecule has 2 N–H and O–H groups in total. The minimum atomic E-state index is -1.42. The van der Waals surface area contributed by atoms with E-state index in [1.54, 1.807) is 53.4 Å². The number of para-hydroxylation sites is 1. The SMILES string of the molecule is CC(=O)Nc1ccc(NC(=O)C23CCC(=O)N2c2ccccc2C(=O)N3CCC(C)C)cc1. The molecule has 4 rings (SSSR count). The van der Waals surface area contributed by atoms with Crippen molar-refractivity contribution in [3.05, 3.63) is 54.1 Å². The largest absolute Gasteiger partial charge is 0.326 e. The molecule has 1 unspecified atom stereocenters. The smallest absolute Gasteiger partial charge is 0.271 e. The van der Waals surface area contributed by atoms with Gasteiger partial charge < -0.3 is 15.5 Å². The number of amides is 4. The fraction of sp³-hybridized carbons (Fsp3) is 0.360. The van der Waals surface area contributed by atoms with Crippen LogP contribution >= 0.6 is 0 Å². The summed E-state index contributed by atoms with van der Waals surface area (Å²) in [5.41, 5.74) is 0.601. The molecule has 1 fully saturated rings. The van der Waals surface area contributed by atoms with E-state index >= 15 is 0 Å². The topological polar surface area (TPSA) is 98.8 Å². The van der Waals surface area contributed by atoms with Crippen LogP contribution in [-0.4, -0.2) is 40.7 Å². The van der Waals surface area contributed by atoms with Crippen LogP contribution < -0.4 is 15.5 Å². The van der Waals surface area contributed by atoms with Gasteiger partial charge in [-0.1, -0.05) is 26.0 Å². The van der Waals surface area contributed by atoms with E-state index in [1.165, 1.54) is 11.8 Å². The number of nitrogens with one attached hydrogen (secondary N) is 2. The lowest BCUT2D eigenvalue weighted by molar-refractivity contribution is -0.129. The van der Waals surface area contributed by atoms with Gasteiger partial charge in [0.1, 0.15) is 0 Å². The lowest BCUT2D eigenvalue weighted by Crippen LogP contribution is -2.69. The summed E-state index contributed by atoms with van der Waals surface area (Å²) in [7, 11) is 0. The summed E-state index contributed by atoms with van der Waals surface area (Å²) in [6.45, 7) is 5.90. The number of nitrogens with zero attached hydrogens (tertiary/aromatic N) is 2. The molecular weight excluding hydrogens is 420 g/mol. The van der Waals surface area contributed by atoms with Gasteiger partial charge in [0, 0.05) is 37.7 Å². The normalized spacial score (nSPS) is 19.4. The second-order valence-electron chi connectivity index (χ2n) is 8.91. The van der Waals surface area contributed by atoms with Crippen molar-refractivity contribution in [1.82, 2.24) is 4.90 Å². The summed E-state index contributed by atoms with van der Waals surface area (Å²) in [5, 5.41) is 5.59. The molecule has 0 aliphatic carbocycles. The molecule has 2 aliphatic heterocycles. The summed E-state index contributed by atoms with van der Waals surface area (Å²) < 4.78 is 0. The van der Waals surface area contributed by atoms with E-state index in [1.807, 2.05) is 0 Å². The molecule has 0 radical (unpaired) electrons. The molecule has 4 amide bonds. The Morgan fingerprint density at radius 3 is 2.27 bits per heavy atom. The second kappa shape index (κ2) is 8.69. The monoisotopic (exact) mass is 448 g/mol. The molecule has 0 saturated carbocycles. The number of carbonyl (C=O) groups is 4. The molecule has 2 heterocycles. The maximum atomic E-state index is 13.8. The number of benzene rings is 2. The van der Waals surface area contributed by atoms with Gasteiger partial charge >= 0.3 is 0 Å². The Morgan fingerprint density at radius 2 is 1.64 bits per heavy atom. The molecule has 8 heteroatoms. The minimum Gasteiger partial charge on any atom is -0.326 e. The first-order valence-corrected chi connectivity index (χ1v) is 11.2. The van der Waals surface area contributed by atoms with E-state index in [4.69, 9.17) is 0 Å². The predicted molar refractivity (Wildman–Crippen MR) is 126 cm³/mol. The first-order valence-electron chi connectivity index (χ1n) is 11.2. The average Bonchev–Trinajstić information content (AvgIpc) is 3.13.